The third kappa shape index (κ3) is 3.83. The average Bonchev–Trinajstić information content (AvgIpc) is 2.47. The molecule has 2 rings (SSSR count). The molecule has 3 N–H and O–H groups in total. The van der Waals surface area contributed by atoms with Gasteiger partial charge in [0.25, 0.3) is 5.91 Å². The maximum absolute atomic E-state index is 13.7. The molecule has 0 atom stereocenters. The lowest BCUT2D eigenvalue weighted by Crippen LogP contribution is -2.50. The van der Waals surface area contributed by atoms with Crippen molar-refractivity contribution < 1.29 is 14.4 Å². The SMILES string of the molecule is NC(CN1CCN(C(=O)c2ccc(Cl)cc2F)CC1)=NO. The van der Waals surface area contributed by atoms with Crippen LogP contribution in [-0.2, 0) is 0 Å². The van der Waals surface area contributed by atoms with Gasteiger partial charge in [0.15, 0.2) is 5.84 Å². The van der Waals surface area contributed by atoms with Gasteiger partial charge in [0.2, 0.25) is 0 Å². The topological polar surface area (TPSA) is 82.2 Å². The summed E-state index contributed by atoms with van der Waals surface area (Å²) in [6.07, 6.45) is 0. The Morgan fingerprint density at radius 1 is 1.38 bits per heavy atom. The van der Waals surface area contributed by atoms with Crippen molar-refractivity contribution in [1.82, 2.24) is 9.80 Å². The summed E-state index contributed by atoms with van der Waals surface area (Å²) in [6.45, 7) is 2.42. The van der Waals surface area contributed by atoms with Crippen LogP contribution >= 0.6 is 11.6 Å². The van der Waals surface area contributed by atoms with E-state index in [2.05, 4.69) is 5.16 Å². The van der Waals surface area contributed by atoms with E-state index in [1.165, 1.54) is 12.1 Å². The zero-order valence-corrected chi connectivity index (χ0v) is 12.1. The van der Waals surface area contributed by atoms with E-state index in [4.69, 9.17) is 22.5 Å². The molecule has 0 aliphatic carbocycles. The van der Waals surface area contributed by atoms with Crippen LogP contribution in [0.15, 0.2) is 23.4 Å². The minimum Gasteiger partial charge on any atom is -0.409 e. The predicted octanol–water partition coefficient (Wildman–Crippen LogP) is 0.983. The highest BCUT2D eigenvalue weighted by Gasteiger charge is 2.24. The normalized spacial score (nSPS) is 17.0. The second kappa shape index (κ2) is 6.73. The third-order valence-electron chi connectivity index (χ3n) is 3.34. The molecule has 0 aromatic heterocycles. The van der Waals surface area contributed by atoms with Crippen LogP contribution in [0.3, 0.4) is 0 Å². The summed E-state index contributed by atoms with van der Waals surface area (Å²) < 4.78 is 13.7. The maximum atomic E-state index is 13.7. The molecule has 1 aliphatic rings. The van der Waals surface area contributed by atoms with Crippen LogP contribution in [0.5, 0.6) is 0 Å². The van der Waals surface area contributed by atoms with E-state index >= 15 is 0 Å². The van der Waals surface area contributed by atoms with Crippen LogP contribution in [0.25, 0.3) is 0 Å². The molecule has 1 aromatic rings. The molecule has 1 heterocycles. The lowest BCUT2D eigenvalue weighted by atomic mass is 10.1. The number of amidine groups is 1. The number of carbonyl (C=O) groups excluding carboxylic acids is 1. The zero-order chi connectivity index (χ0) is 15.4. The van der Waals surface area contributed by atoms with Crippen LogP contribution in [0.2, 0.25) is 5.02 Å². The highest BCUT2D eigenvalue weighted by Crippen LogP contribution is 2.17. The molecule has 0 spiro atoms. The molecule has 0 unspecified atom stereocenters. The molecule has 0 saturated carbocycles. The highest BCUT2D eigenvalue weighted by molar-refractivity contribution is 6.30. The molecule has 1 amide bonds. The Bertz CT molecular complexity index is 559. The van der Waals surface area contributed by atoms with E-state index in [-0.39, 0.29) is 22.3 Å². The average molecular weight is 315 g/mol. The standard InChI is InChI=1S/C13H16ClFN4O2/c14-9-1-2-10(11(15)7-9)13(20)19-5-3-18(4-6-19)8-12(16)17-21/h1-2,7,21H,3-6,8H2,(H2,16,17). The Morgan fingerprint density at radius 3 is 2.62 bits per heavy atom. The fourth-order valence-corrected chi connectivity index (χ4v) is 2.36. The largest absolute Gasteiger partial charge is 0.409 e. The minimum absolute atomic E-state index is 0.0179. The Morgan fingerprint density at radius 2 is 2.05 bits per heavy atom. The summed E-state index contributed by atoms with van der Waals surface area (Å²) in [7, 11) is 0. The first-order valence-electron chi connectivity index (χ1n) is 6.44. The van der Waals surface area contributed by atoms with Gasteiger partial charge >= 0.3 is 0 Å². The van der Waals surface area contributed by atoms with Crippen LogP contribution in [0.4, 0.5) is 4.39 Å². The quantitative estimate of drug-likeness (QED) is 0.377. The third-order valence-corrected chi connectivity index (χ3v) is 3.57. The molecule has 1 aliphatic heterocycles. The zero-order valence-electron chi connectivity index (χ0n) is 11.3. The molecular formula is C13H16ClFN4O2. The van der Waals surface area contributed by atoms with E-state index in [1.54, 1.807) is 4.90 Å². The lowest BCUT2D eigenvalue weighted by Gasteiger charge is -2.34. The number of amides is 1. The molecule has 1 aromatic carbocycles. The smallest absolute Gasteiger partial charge is 0.256 e. The van der Waals surface area contributed by atoms with Crippen molar-refractivity contribution >= 4 is 23.3 Å². The second-order valence-corrected chi connectivity index (χ2v) is 5.22. The molecule has 6 nitrogen and oxygen atoms in total. The molecule has 8 heteroatoms. The van der Waals surface area contributed by atoms with Crippen LogP contribution in [0, 0.1) is 5.82 Å². The fourth-order valence-electron chi connectivity index (χ4n) is 2.20. The van der Waals surface area contributed by atoms with Gasteiger partial charge in [0.1, 0.15) is 5.82 Å². The number of halogens is 2. The van der Waals surface area contributed by atoms with Gasteiger partial charge in [-0.3, -0.25) is 9.69 Å². The van der Waals surface area contributed by atoms with Gasteiger partial charge in [0.05, 0.1) is 12.1 Å². The number of hydrogen-bond donors (Lipinski definition) is 2. The van der Waals surface area contributed by atoms with Gasteiger partial charge in [-0.25, -0.2) is 4.39 Å². The molecule has 1 fully saturated rings. The first kappa shape index (κ1) is 15.5. The number of benzene rings is 1. The van der Waals surface area contributed by atoms with Crippen molar-refractivity contribution in [1.29, 1.82) is 0 Å². The van der Waals surface area contributed by atoms with Gasteiger partial charge in [-0.15, -0.1) is 0 Å². The van der Waals surface area contributed by atoms with Crippen molar-refractivity contribution in [3.05, 3.63) is 34.6 Å². The van der Waals surface area contributed by atoms with E-state index < -0.39 is 5.82 Å². The molecule has 114 valence electrons. The Kier molecular flexibility index (Phi) is 4.98. The van der Waals surface area contributed by atoms with Crippen molar-refractivity contribution in [3.8, 4) is 0 Å². The Hall–Kier alpha value is -1.86. The van der Waals surface area contributed by atoms with E-state index in [1.807, 2.05) is 4.90 Å². The number of piperazine rings is 1. The van der Waals surface area contributed by atoms with Crippen molar-refractivity contribution in [2.24, 2.45) is 10.9 Å². The van der Waals surface area contributed by atoms with E-state index in [0.29, 0.717) is 32.7 Å². The molecule has 1 saturated heterocycles. The van der Waals surface area contributed by atoms with E-state index in [0.717, 1.165) is 6.07 Å². The molecule has 21 heavy (non-hydrogen) atoms. The minimum atomic E-state index is -0.619. The van der Waals surface area contributed by atoms with Gasteiger partial charge in [-0.1, -0.05) is 16.8 Å². The highest BCUT2D eigenvalue weighted by atomic mass is 35.5. The van der Waals surface area contributed by atoms with Gasteiger partial charge in [0, 0.05) is 31.2 Å². The van der Waals surface area contributed by atoms with Gasteiger partial charge in [-0.2, -0.15) is 0 Å². The predicted molar refractivity (Wildman–Crippen MR) is 77.2 cm³/mol. The Labute approximate surface area is 126 Å². The summed E-state index contributed by atoms with van der Waals surface area (Å²) in [6, 6.07) is 4.01. The summed E-state index contributed by atoms with van der Waals surface area (Å²) in [5.41, 5.74) is 5.46. The second-order valence-electron chi connectivity index (χ2n) is 4.78. The number of rotatable bonds is 3. The summed E-state index contributed by atoms with van der Waals surface area (Å²) in [5.74, 6) is -0.849. The van der Waals surface area contributed by atoms with Crippen LogP contribution < -0.4 is 5.73 Å². The Balaban J connectivity index is 1.97. The van der Waals surface area contributed by atoms with Gasteiger partial charge in [-0.05, 0) is 18.2 Å². The van der Waals surface area contributed by atoms with Crippen molar-refractivity contribution in [3.63, 3.8) is 0 Å². The van der Waals surface area contributed by atoms with E-state index in [9.17, 15) is 9.18 Å². The molecule has 0 bridgehead atoms. The summed E-state index contributed by atoms with van der Waals surface area (Å²) in [5, 5.41) is 11.7. The number of carbonyl (C=O) groups is 1. The fraction of sp³-hybridized carbons (Fsp3) is 0.385. The molecular weight excluding hydrogens is 299 g/mol. The summed E-state index contributed by atoms with van der Waals surface area (Å²) in [4.78, 5) is 15.8. The monoisotopic (exact) mass is 314 g/mol. The maximum Gasteiger partial charge on any atom is 0.256 e. The van der Waals surface area contributed by atoms with Crippen LogP contribution in [0.1, 0.15) is 10.4 Å². The van der Waals surface area contributed by atoms with Crippen LogP contribution in [-0.4, -0.2) is 59.5 Å². The summed E-state index contributed by atoms with van der Waals surface area (Å²) >= 11 is 5.67. The van der Waals surface area contributed by atoms with Gasteiger partial charge < -0.3 is 15.8 Å². The number of nitrogens with two attached hydrogens (primary N) is 1. The molecule has 0 radical (unpaired) electrons. The van der Waals surface area contributed by atoms with Crippen molar-refractivity contribution in [2.45, 2.75) is 0 Å². The lowest BCUT2D eigenvalue weighted by molar-refractivity contribution is 0.0648. The first-order chi connectivity index (χ1) is 10.0. The number of nitrogens with zero attached hydrogens (tertiary/aromatic N) is 3. The van der Waals surface area contributed by atoms with Crippen molar-refractivity contribution in [2.75, 3.05) is 32.7 Å². The number of hydrogen-bond acceptors (Lipinski definition) is 4. The first-order valence-corrected chi connectivity index (χ1v) is 6.82. The number of oxime groups is 1.